The number of fused-ring (bicyclic) bond motifs is 1. The Labute approximate surface area is 102 Å². The van der Waals surface area contributed by atoms with Gasteiger partial charge in [-0.3, -0.25) is 4.68 Å². The van der Waals surface area contributed by atoms with Crippen LogP contribution >= 0.6 is 0 Å². The van der Waals surface area contributed by atoms with Crippen LogP contribution in [-0.4, -0.2) is 22.4 Å². The number of rotatable bonds is 3. The standard InChI is InChI=1S/C13H20N2O2/c1-4-10-12(13(16)17-5-2)11-8-9(3)6-7-15(11)14-10/h9H,4-8H2,1-3H3. The van der Waals surface area contributed by atoms with Crippen molar-refractivity contribution >= 4 is 5.97 Å². The third-order valence-corrected chi connectivity index (χ3v) is 3.32. The lowest BCUT2D eigenvalue weighted by molar-refractivity contribution is 0.0523. The Morgan fingerprint density at radius 2 is 2.29 bits per heavy atom. The summed E-state index contributed by atoms with van der Waals surface area (Å²) in [6.45, 7) is 7.42. The Bertz CT molecular complexity index is 423. The molecule has 0 radical (unpaired) electrons. The number of carbonyl (C=O) groups is 1. The molecule has 17 heavy (non-hydrogen) atoms. The van der Waals surface area contributed by atoms with E-state index >= 15 is 0 Å². The molecular formula is C13H20N2O2. The third-order valence-electron chi connectivity index (χ3n) is 3.32. The molecule has 94 valence electrons. The number of esters is 1. The van der Waals surface area contributed by atoms with Crippen molar-refractivity contribution in [3.63, 3.8) is 0 Å². The van der Waals surface area contributed by atoms with E-state index in [2.05, 4.69) is 12.0 Å². The minimum absolute atomic E-state index is 0.209. The molecule has 0 bridgehead atoms. The van der Waals surface area contributed by atoms with Crippen LogP contribution in [0.3, 0.4) is 0 Å². The van der Waals surface area contributed by atoms with Crippen LogP contribution in [0.4, 0.5) is 0 Å². The van der Waals surface area contributed by atoms with Gasteiger partial charge in [0, 0.05) is 6.54 Å². The second kappa shape index (κ2) is 4.90. The molecule has 1 aromatic heterocycles. The van der Waals surface area contributed by atoms with Crippen molar-refractivity contribution in [3.05, 3.63) is 17.0 Å². The zero-order valence-electron chi connectivity index (χ0n) is 10.8. The molecule has 1 aromatic rings. The van der Waals surface area contributed by atoms with Crippen molar-refractivity contribution in [1.29, 1.82) is 0 Å². The van der Waals surface area contributed by atoms with Crippen molar-refractivity contribution < 1.29 is 9.53 Å². The lowest BCUT2D eigenvalue weighted by Crippen LogP contribution is -2.20. The fourth-order valence-corrected chi connectivity index (χ4v) is 2.41. The average molecular weight is 236 g/mol. The van der Waals surface area contributed by atoms with Gasteiger partial charge in [0.2, 0.25) is 0 Å². The predicted octanol–water partition coefficient (Wildman–Crippen LogP) is 2.20. The first-order chi connectivity index (χ1) is 8.17. The van der Waals surface area contributed by atoms with Crippen molar-refractivity contribution in [2.75, 3.05) is 6.61 Å². The van der Waals surface area contributed by atoms with Gasteiger partial charge in [-0.2, -0.15) is 5.10 Å². The summed E-state index contributed by atoms with van der Waals surface area (Å²) >= 11 is 0. The van der Waals surface area contributed by atoms with Crippen LogP contribution in [0.1, 0.15) is 48.9 Å². The molecule has 2 heterocycles. The van der Waals surface area contributed by atoms with E-state index in [1.165, 1.54) is 0 Å². The third kappa shape index (κ3) is 2.21. The number of carbonyl (C=O) groups excluding carboxylic acids is 1. The molecule has 1 aliphatic heterocycles. The molecule has 2 rings (SSSR count). The molecule has 0 saturated carbocycles. The van der Waals surface area contributed by atoms with E-state index in [1.54, 1.807) is 0 Å². The Balaban J connectivity index is 2.41. The van der Waals surface area contributed by atoms with Gasteiger partial charge in [0.05, 0.1) is 18.0 Å². The van der Waals surface area contributed by atoms with E-state index in [1.807, 2.05) is 18.5 Å². The molecule has 0 aromatic carbocycles. The number of aromatic nitrogens is 2. The highest BCUT2D eigenvalue weighted by molar-refractivity contribution is 5.92. The molecule has 1 unspecified atom stereocenters. The minimum atomic E-state index is -0.209. The molecule has 0 N–H and O–H groups in total. The zero-order valence-corrected chi connectivity index (χ0v) is 10.8. The molecule has 4 heteroatoms. The van der Waals surface area contributed by atoms with Crippen molar-refractivity contribution in [1.82, 2.24) is 9.78 Å². The first kappa shape index (κ1) is 12.1. The fraction of sp³-hybridized carbons (Fsp3) is 0.692. The highest BCUT2D eigenvalue weighted by Crippen LogP contribution is 2.26. The molecule has 0 aliphatic carbocycles. The zero-order chi connectivity index (χ0) is 12.4. The van der Waals surface area contributed by atoms with E-state index in [0.717, 1.165) is 42.8 Å². The maximum atomic E-state index is 12.0. The van der Waals surface area contributed by atoms with Crippen molar-refractivity contribution in [3.8, 4) is 0 Å². The molecule has 0 saturated heterocycles. The van der Waals surface area contributed by atoms with E-state index < -0.39 is 0 Å². The molecule has 0 amide bonds. The molecule has 1 atom stereocenters. The molecular weight excluding hydrogens is 216 g/mol. The van der Waals surface area contributed by atoms with E-state index in [4.69, 9.17) is 4.74 Å². The second-order valence-corrected chi connectivity index (χ2v) is 4.66. The maximum Gasteiger partial charge on any atom is 0.341 e. The van der Waals surface area contributed by atoms with Gasteiger partial charge in [0.1, 0.15) is 5.56 Å². The first-order valence-electron chi connectivity index (χ1n) is 6.43. The topological polar surface area (TPSA) is 44.1 Å². The van der Waals surface area contributed by atoms with Crippen LogP contribution in [0.25, 0.3) is 0 Å². The summed E-state index contributed by atoms with van der Waals surface area (Å²) in [5, 5.41) is 4.52. The van der Waals surface area contributed by atoms with Gasteiger partial charge in [0.15, 0.2) is 0 Å². The Morgan fingerprint density at radius 1 is 1.53 bits per heavy atom. The monoisotopic (exact) mass is 236 g/mol. The first-order valence-corrected chi connectivity index (χ1v) is 6.43. The number of ether oxygens (including phenoxy) is 1. The summed E-state index contributed by atoms with van der Waals surface area (Å²) in [4.78, 5) is 12.0. The van der Waals surface area contributed by atoms with Crippen LogP contribution in [0.2, 0.25) is 0 Å². The normalized spacial score (nSPS) is 18.9. The Kier molecular flexibility index (Phi) is 3.50. The summed E-state index contributed by atoms with van der Waals surface area (Å²) in [6.07, 6.45) is 2.85. The highest BCUT2D eigenvalue weighted by Gasteiger charge is 2.27. The predicted molar refractivity (Wildman–Crippen MR) is 65.0 cm³/mol. The number of aryl methyl sites for hydroxylation is 2. The van der Waals surface area contributed by atoms with Crippen LogP contribution in [0.15, 0.2) is 0 Å². The SMILES string of the molecule is CCOC(=O)c1c(CC)nn2c1CC(C)CC2. The Morgan fingerprint density at radius 3 is 2.94 bits per heavy atom. The summed E-state index contributed by atoms with van der Waals surface area (Å²) in [7, 11) is 0. The van der Waals surface area contributed by atoms with Crippen LogP contribution in [-0.2, 0) is 24.1 Å². The number of nitrogens with zero attached hydrogens (tertiary/aromatic N) is 2. The molecule has 0 spiro atoms. The summed E-state index contributed by atoms with van der Waals surface area (Å²) < 4.78 is 7.13. The van der Waals surface area contributed by atoms with Gasteiger partial charge >= 0.3 is 5.97 Å². The minimum Gasteiger partial charge on any atom is -0.462 e. The van der Waals surface area contributed by atoms with E-state index in [-0.39, 0.29) is 5.97 Å². The lowest BCUT2D eigenvalue weighted by atomic mass is 9.95. The number of hydrogen-bond acceptors (Lipinski definition) is 3. The fourth-order valence-electron chi connectivity index (χ4n) is 2.41. The summed E-state index contributed by atoms with van der Waals surface area (Å²) in [5.41, 5.74) is 2.67. The molecule has 0 fully saturated rings. The van der Waals surface area contributed by atoms with Crippen molar-refractivity contribution in [2.24, 2.45) is 5.92 Å². The smallest absolute Gasteiger partial charge is 0.341 e. The van der Waals surface area contributed by atoms with Gasteiger partial charge in [-0.1, -0.05) is 13.8 Å². The van der Waals surface area contributed by atoms with Crippen LogP contribution in [0, 0.1) is 5.92 Å². The lowest BCUT2D eigenvalue weighted by Gasteiger charge is -2.20. The van der Waals surface area contributed by atoms with E-state index in [9.17, 15) is 4.79 Å². The molecule has 1 aliphatic rings. The van der Waals surface area contributed by atoms with Gasteiger partial charge in [-0.05, 0) is 32.1 Å². The number of hydrogen-bond donors (Lipinski definition) is 0. The highest BCUT2D eigenvalue weighted by atomic mass is 16.5. The van der Waals surface area contributed by atoms with Gasteiger partial charge in [-0.25, -0.2) is 4.79 Å². The van der Waals surface area contributed by atoms with E-state index in [0.29, 0.717) is 12.5 Å². The summed E-state index contributed by atoms with van der Waals surface area (Å²) in [5.74, 6) is 0.414. The average Bonchev–Trinajstić information content (AvgIpc) is 2.66. The van der Waals surface area contributed by atoms with Gasteiger partial charge in [-0.15, -0.1) is 0 Å². The van der Waals surface area contributed by atoms with Gasteiger partial charge < -0.3 is 4.74 Å². The Hall–Kier alpha value is -1.32. The molecule has 4 nitrogen and oxygen atoms in total. The largest absolute Gasteiger partial charge is 0.462 e. The van der Waals surface area contributed by atoms with Crippen molar-refractivity contribution in [2.45, 2.75) is 46.6 Å². The van der Waals surface area contributed by atoms with Crippen LogP contribution in [0.5, 0.6) is 0 Å². The second-order valence-electron chi connectivity index (χ2n) is 4.66. The quantitative estimate of drug-likeness (QED) is 0.756. The van der Waals surface area contributed by atoms with Gasteiger partial charge in [0.25, 0.3) is 0 Å². The summed E-state index contributed by atoms with van der Waals surface area (Å²) in [6, 6.07) is 0. The van der Waals surface area contributed by atoms with Crippen LogP contribution < -0.4 is 0 Å². The maximum absolute atomic E-state index is 12.0.